The van der Waals surface area contributed by atoms with Gasteiger partial charge in [-0.2, -0.15) is 4.72 Å². The molecule has 134 valence electrons. The molecule has 1 atom stereocenters. The number of nitrogens with one attached hydrogen (secondary N) is 1. The van der Waals surface area contributed by atoms with Crippen LogP contribution in [0, 0.1) is 0 Å². The van der Waals surface area contributed by atoms with Crippen LogP contribution in [0.15, 0.2) is 46.7 Å². The maximum absolute atomic E-state index is 13.0. The Balaban J connectivity index is 1.90. The van der Waals surface area contributed by atoms with E-state index in [0.29, 0.717) is 23.0 Å². The number of piperidine rings is 1. The van der Waals surface area contributed by atoms with Crippen LogP contribution in [0.2, 0.25) is 4.34 Å². The SMILES string of the molecule is O=C([C@@H](NS(=O)(=O)c1ccc(Cl)s1)c1ccccc1)N1CCCCC1. The van der Waals surface area contributed by atoms with Crippen molar-refractivity contribution in [2.24, 2.45) is 0 Å². The number of sulfonamides is 1. The summed E-state index contributed by atoms with van der Waals surface area (Å²) in [5.74, 6) is -0.211. The van der Waals surface area contributed by atoms with Gasteiger partial charge in [-0.25, -0.2) is 8.42 Å². The molecule has 2 heterocycles. The second-order valence-corrected chi connectivity index (χ2v) is 9.57. The molecular weight excluding hydrogens is 380 g/mol. The smallest absolute Gasteiger partial charge is 0.251 e. The molecule has 0 saturated carbocycles. The summed E-state index contributed by atoms with van der Waals surface area (Å²) >= 11 is 6.82. The van der Waals surface area contributed by atoms with Crippen LogP contribution in [-0.2, 0) is 14.8 Å². The second kappa shape index (κ2) is 7.86. The van der Waals surface area contributed by atoms with E-state index in [-0.39, 0.29) is 10.1 Å². The van der Waals surface area contributed by atoms with Gasteiger partial charge in [-0.05, 0) is 37.0 Å². The Hall–Kier alpha value is -1.41. The first-order valence-corrected chi connectivity index (χ1v) is 10.8. The van der Waals surface area contributed by atoms with Crippen molar-refractivity contribution in [1.82, 2.24) is 9.62 Å². The van der Waals surface area contributed by atoms with Crippen LogP contribution in [0.4, 0.5) is 0 Å². The first-order chi connectivity index (χ1) is 12.0. The van der Waals surface area contributed by atoms with E-state index in [4.69, 9.17) is 11.6 Å². The molecular formula is C17H19ClN2O3S2. The van der Waals surface area contributed by atoms with E-state index in [1.807, 2.05) is 6.07 Å². The van der Waals surface area contributed by atoms with Crippen molar-refractivity contribution in [3.8, 4) is 0 Å². The van der Waals surface area contributed by atoms with Crippen LogP contribution in [-0.4, -0.2) is 32.3 Å². The van der Waals surface area contributed by atoms with E-state index in [1.165, 1.54) is 12.1 Å². The molecule has 8 heteroatoms. The summed E-state index contributed by atoms with van der Waals surface area (Å²) < 4.78 is 28.4. The Bertz CT molecular complexity index is 831. The van der Waals surface area contributed by atoms with E-state index >= 15 is 0 Å². The number of benzene rings is 1. The molecule has 1 saturated heterocycles. The Morgan fingerprint density at radius 2 is 1.76 bits per heavy atom. The average Bonchev–Trinajstić information content (AvgIpc) is 3.08. The quantitative estimate of drug-likeness (QED) is 0.838. The summed E-state index contributed by atoms with van der Waals surface area (Å²) in [6, 6.07) is 11.0. The van der Waals surface area contributed by atoms with Gasteiger partial charge in [0.25, 0.3) is 10.0 Å². The Labute approximate surface area is 156 Å². The molecule has 1 fully saturated rings. The number of hydrogen-bond donors (Lipinski definition) is 1. The van der Waals surface area contributed by atoms with E-state index in [0.717, 1.165) is 30.6 Å². The molecule has 3 rings (SSSR count). The van der Waals surface area contributed by atoms with E-state index in [1.54, 1.807) is 29.2 Å². The van der Waals surface area contributed by atoms with Gasteiger partial charge in [0.15, 0.2) is 0 Å². The normalized spacial score (nSPS) is 16.6. The number of carbonyl (C=O) groups is 1. The summed E-state index contributed by atoms with van der Waals surface area (Å²) in [6.45, 7) is 1.32. The molecule has 0 spiro atoms. The van der Waals surface area contributed by atoms with E-state index in [9.17, 15) is 13.2 Å². The maximum atomic E-state index is 13.0. The van der Waals surface area contributed by atoms with Crippen molar-refractivity contribution >= 4 is 38.9 Å². The lowest BCUT2D eigenvalue weighted by Crippen LogP contribution is -2.44. The minimum absolute atomic E-state index is 0.102. The highest BCUT2D eigenvalue weighted by Gasteiger charge is 2.31. The van der Waals surface area contributed by atoms with E-state index < -0.39 is 16.1 Å². The summed E-state index contributed by atoms with van der Waals surface area (Å²) in [4.78, 5) is 14.7. The van der Waals surface area contributed by atoms with Gasteiger partial charge in [-0.3, -0.25) is 4.79 Å². The zero-order valence-corrected chi connectivity index (χ0v) is 15.9. The lowest BCUT2D eigenvalue weighted by molar-refractivity contribution is -0.134. The fourth-order valence-corrected chi connectivity index (χ4v) is 5.54. The van der Waals surface area contributed by atoms with Gasteiger partial charge in [0.1, 0.15) is 10.3 Å². The highest BCUT2D eigenvalue weighted by Crippen LogP contribution is 2.28. The van der Waals surface area contributed by atoms with Crippen LogP contribution < -0.4 is 4.72 Å². The van der Waals surface area contributed by atoms with Gasteiger partial charge >= 0.3 is 0 Å². The molecule has 1 aromatic heterocycles. The summed E-state index contributed by atoms with van der Waals surface area (Å²) in [5.41, 5.74) is 0.629. The summed E-state index contributed by atoms with van der Waals surface area (Å²) in [7, 11) is -3.83. The van der Waals surface area contributed by atoms with Crippen molar-refractivity contribution < 1.29 is 13.2 Å². The highest BCUT2D eigenvalue weighted by atomic mass is 35.5. The zero-order chi connectivity index (χ0) is 17.9. The predicted octanol–water partition coefficient (Wildman–Crippen LogP) is 3.43. The summed E-state index contributed by atoms with van der Waals surface area (Å²) in [5, 5.41) is 0. The third-order valence-corrected chi connectivity index (χ3v) is 7.28. The van der Waals surface area contributed by atoms with Crippen LogP contribution in [0.25, 0.3) is 0 Å². The standard InChI is InChI=1S/C17H19ClN2O3S2/c18-14-9-10-15(24-14)25(22,23)19-16(13-7-3-1-4-8-13)17(21)20-11-5-2-6-12-20/h1,3-4,7-10,16,19H,2,5-6,11-12H2/t16-/m0/s1. The van der Waals surface area contributed by atoms with Crippen molar-refractivity contribution in [2.45, 2.75) is 29.5 Å². The van der Waals surface area contributed by atoms with Gasteiger partial charge in [0.05, 0.1) is 4.34 Å². The Morgan fingerprint density at radius 3 is 2.36 bits per heavy atom. The number of halogens is 1. The number of amides is 1. The maximum Gasteiger partial charge on any atom is 0.251 e. The third-order valence-electron chi connectivity index (χ3n) is 4.13. The molecule has 1 amide bonds. The second-order valence-electron chi connectivity index (χ2n) is 5.91. The topological polar surface area (TPSA) is 66.5 Å². The molecule has 0 unspecified atom stereocenters. The predicted molar refractivity (Wildman–Crippen MR) is 99.3 cm³/mol. The fourth-order valence-electron chi connectivity index (χ4n) is 2.86. The molecule has 1 aliphatic rings. The number of carbonyl (C=O) groups excluding carboxylic acids is 1. The molecule has 5 nitrogen and oxygen atoms in total. The molecule has 25 heavy (non-hydrogen) atoms. The van der Waals surface area contributed by atoms with Crippen LogP contribution in [0.3, 0.4) is 0 Å². The largest absolute Gasteiger partial charge is 0.341 e. The van der Waals surface area contributed by atoms with Crippen LogP contribution in [0.5, 0.6) is 0 Å². The highest BCUT2D eigenvalue weighted by molar-refractivity contribution is 7.91. The molecule has 1 aromatic carbocycles. The Morgan fingerprint density at radius 1 is 1.08 bits per heavy atom. The molecule has 0 aliphatic carbocycles. The lowest BCUT2D eigenvalue weighted by Gasteiger charge is -2.30. The van der Waals surface area contributed by atoms with Crippen molar-refractivity contribution in [1.29, 1.82) is 0 Å². The third kappa shape index (κ3) is 4.41. The van der Waals surface area contributed by atoms with Crippen molar-refractivity contribution in [2.75, 3.05) is 13.1 Å². The number of thiophene rings is 1. The molecule has 0 bridgehead atoms. The first kappa shape index (κ1) is 18.4. The molecule has 0 radical (unpaired) electrons. The Kier molecular flexibility index (Phi) is 5.78. The van der Waals surface area contributed by atoms with Crippen molar-refractivity contribution in [3.63, 3.8) is 0 Å². The average molecular weight is 399 g/mol. The summed E-state index contributed by atoms with van der Waals surface area (Å²) in [6.07, 6.45) is 2.99. The fraction of sp³-hybridized carbons (Fsp3) is 0.353. The number of likely N-dealkylation sites (tertiary alicyclic amines) is 1. The number of rotatable bonds is 5. The molecule has 1 N–H and O–H groups in total. The van der Waals surface area contributed by atoms with E-state index in [2.05, 4.69) is 4.72 Å². The minimum atomic E-state index is -3.83. The van der Waals surface area contributed by atoms with Gasteiger partial charge in [0, 0.05) is 13.1 Å². The first-order valence-electron chi connectivity index (χ1n) is 8.09. The van der Waals surface area contributed by atoms with Gasteiger partial charge < -0.3 is 4.90 Å². The lowest BCUT2D eigenvalue weighted by atomic mass is 10.0. The van der Waals surface area contributed by atoms with Crippen LogP contribution >= 0.6 is 22.9 Å². The monoisotopic (exact) mass is 398 g/mol. The van der Waals surface area contributed by atoms with Gasteiger partial charge in [-0.1, -0.05) is 41.9 Å². The minimum Gasteiger partial charge on any atom is -0.341 e. The number of hydrogen-bond acceptors (Lipinski definition) is 4. The van der Waals surface area contributed by atoms with Crippen molar-refractivity contribution in [3.05, 3.63) is 52.4 Å². The van der Waals surface area contributed by atoms with Gasteiger partial charge in [-0.15, -0.1) is 11.3 Å². The van der Waals surface area contributed by atoms with Crippen LogP contribution in [0.1, 0.15) is 30.9 Å². The zero-order valence-electron chi connectivity index (χ0n) is 13.5. The van der Waals surface area contributed by atoms with Gasteiger partial charge in [0.2, 0.25) is 5.91 Å². The molecule has 1 aliphatic heterocycles. The molecule has 2 aromatic rings. The number of nitrogens with zero attached hydrogens (tertiary/aromatic N) is 1.